The number of aromatic nitrogens is 12. The van der Waals surface area contributed by atoms with Crippen LogP contribution in [0.3, 0.4) is 0 Å². The summed E-state index contributed by atoms with van der Waals surface area (Å²) in [5, 5.41) is 0.484. The van der Waals surface area contributed by atoms with E-state index in [1.54, 1.807) is 23.4 Å². The van der Waals surface area contributed by atoms with Gasteiger partial charge in [-0.1, -0.05) is 36.5 Å². The van der Waals surface area contributed by atoms with Crippen LogP contribution in [0.2, 0.25) is 10.3 Å². The zero-order valence-electron chi connectivity index (χ0n) is 42.8. The van der Waals surface area contributed by atoms with Crippen LogP contribution < -0.4 is 17.2 Å². The molecular weight excluding hydrogens is 1550 g/mol. The van der Waals surface area contributed by atoms with Crippen LogP contribution in [0, 0.1) is 17.8 Å². The van der Waals surface area contributed by atoms with Crippen molar-refractivity contribution in [3.63, 3.8) is 0 Å². The Morgan fingerprint density at radius 2 is 0.961 bits per heavy atom. The van der Waals surface area contributed by atoms with Gasteiger partial charge in [-0.2, -0.15) is 24.9 Å². The number of nitrogens with one attached hydrogen (secondary N) is 1. The number of aromatic amines is 1. The van der Waals surface area contributed by atoms with E-state index in [4.69, 9.17) is 68.8 Å². The summed E-state index contributed by atoms with van der Waals surface area (Å²) >= 11 is 19.1. The summed E-state index contributed by atoms with van der Waals surface area (Å²) in [5.74, 6) is -1.87. The molecule has 0 aliphatic heterocycles. The zero-order valence-corrected chi connectivity index (χ0v) is 54.5. The number of anilines is 3. The van der Waals surface area contributed by atoms with Crippen molar-refractivity contribution in [2.45, 2.75) is 87.2 Å². The van der Waals surface area contributed by atoms with Gasteiger partial charge in [0.05, 0.1) is 64.8 Å². The molecule has 27 nitrogen and oxygen atoms in total. The SMILES string of the molecule is CC(=O)OCC(CCn1cnc2c(Cl)nc(N)nc21)COC(C)=O.CC(=O)OCC(CCn1cnc2cnc(N)nc21)COC(C)=O.CCCC(COC(C)=O)COC(C)=O.I.Nc1nc(Cl)c2[nH]cnc2n1.[I][V]([I])[I]. The van der Waals surface area contributed by atoms with Crippen molar-refractivity contribution in [2.75, 3.05) is 56.8 Å². The van der Waals surface area contributed by atoms with Crippen LogP contribution >= 0.6 is 107 Å². The number of hydrogen-bond donors (Lipinski definition) is 4. The number of carbonyl (C=O) groups excluding carboxylic acids is 6. The summed E-state index contributed by atoms with van der Waals surface area (Å²) in [4.78, 5) is 103. The summed E-state index contributed by atoms with van der Waals surface area (Å²) in [6, 6.07) is 0. The molecule has 34 heteroatoms. The van der Waals surface area contributed by atoms with Gasteiger partial charge in [-0.3, -0.25) is 28.8 Å². The second kappa shape index (κ2) is 38.5. The van der Waals surface area contributed by atoms with E-state index >= 15 is 0 Å². The maximum absolute atomic E-state index is 11.0. The summed E-state index contributed by atoms with van der Waals surface area (Å²) in [6.45, 7) is 12.5. The Bertz CT molecular complexity index is 2760. The molecule has 6 aromatic rings. The van der Waals surface area contributed by atoms with E-state index in [2.05, 4.69) is 110 Å². The number of H-pyrrole nitrogens is 1. The van der Waals surface area contributed by atoms with Gasteiger partial charge in [-0.15, -0.1) is 24.0 Å². The second-order valence-corrected chi connectivity index (χ2v) is 51.9. The van der Waals surface area contributed by atoms with Crippen molar-refractivity contribution >= 4 is 194 Å². The average molecular weight is 1610 g/mol. The van der Waals surface area contributed by atoms with Crippen LogP contribution in [0.4, 0.5) is 17.8 Å². The molecule has 0 bridgehead atoms. The maximum atomic E-state index is 11.0. The number of aryl methyl sites for hydroxylation is 2. The average Bonchev–Trinajstić information content (AvgIpc) is 4.08. The predicted octanol–water partition coefficient (Wildman–Crippen LogP) is 7.13. The zero-order chi connectivity index (χ0) is 56.9. The molecule has 0 spiro atoms. The van der Waals surface area contributed by atoms with Gasteiger partial charge >= 0.3 is 101 Å². The fourth-order valence-corrected chi connectivity index (χ4v) is 6.49. The van der Waals surface area contributed by atoms with Crippen molar-refractivity contribution < 1.29 is 62.1 Å². The van der Waals surface area contributed by atoms with E-state index in [9.17, 15) is 28.8 Å². The predicted molar refractivity (Wildman–Crippen MR) is 317 cm³/mol. The Kier molecular flexibility index (Phi) is 35.5. The Balaban J connectivity index is 0.000000518. The number of esters is 6. The molecule has 0 fully saturated rings. The Morgan fingerprint density at radius 3 is 1.40 bits per heavy atom. The molecule has 0 aliphatic carbocycles. The van der Waals surface area contributed by atoms with Gasteiger partial charge in [-0.25, -0.2) is 19.9 Å². The van der Waals surface area contributed by atoms with Gasteiger partial charge in [-0.05, 0) is 19.3 Å². The third-order valence-electron chi connectivity index (χ3n) is 9.46. The molecule has 0 saturated carbocycles. The molecule has 0 aromatic carbocycles. The molecule has 7 N–H and O–H groups in total. The number of carbonyl (C=O) groups is 6. The van der Waals surface area contributed by atoms with Crippen LogP contribution in [0.5, 0.6) is 0 Å². The van der Waals surface area contributed by atoms with Crippen molar-refractivity contribution in [2.24, 2.45) is 17.8 Å². The number of ether oxygens (including phenoxy) is 6. The minimum atomic E-state index is -0.386. The fraction of sp³-hybridized carbons (Fsp3) is 0.512. The minimum absolute atomic E-state index is 0. The van der Waals surface area contributed by atoms with Crippen LogP contribution in [-0.2, 0) is 75.2 Å². The van der Waals surface area contributed by atoms with Crippen LogP contribution in [0.15, 0.2) is 25.2 Å². The number of nitrogens with two attached hydrogens (primary N) is 3. The van der Waals surface area contributed by atoms with E-state index in [0.717, 1.165) is 12.8 Å². The van der Waals surface area contributed by atoms with Gasteiger partial charge < -0.3 is 59.7 Å². The normalized spacial score (nSPS) is 10.5. The Morgan fingerprint density at radius 1 is 0.571 bits per heavy atom. The van der Waals surface area contributed by atoms with Gasteiger partial charge in [0.25, 0.3) is 0 Å². The first kappa shape index (κ1) is 71.0. The molecule has 0 aliphatic rings. The van der Waals surface area contributed by atoms with Crippen molar-refractivity contribution in [1.29, 1.82) is 0 Å². The molecule has 0 radical (unpaired) electrons. The first-order valence-corrected chi connectivity index (χ1v) is 36.9. The van der Waals surface area contributed by atoms with Crippen molar-refractivity contribution in [3.8, 4) is 0 Å². The van der Waals surface area contributed by atoms with E-state index in [1.807, 2.05) is 11.5 Å². The Hall–Kier alpha value is -4.05. The molecule has 0 atom stereocenters. The molecule has 0 unspecified atom stereocenters. The number of imidazole rings is 3. The topological polar surface area (TPSA) is 378 Å². The first-order valence-electron chi connectivity index (χ1n) is 22.7. The van der Waals surface area contributed by atoms with Crippen molar-refractivity contribution in [1.82, 2.24) is 59.0 Å². The summed E-state index contributed by atoms with van der Waals surface area (Å²) in [6.07, 6.45) is 9.35. The number of hydrogen-bond acceptors (Lipinski definition) is 24. The monoisotopic (exact) mass is 1610 g/mol. The molecular formula is C43H60Cl2I4N15O12V. The second-order valence-electron chi connectivity index (χ2n) is 15.8. The van der Waals surface area contributed by atoms with E-state index < -0.39 is 0 Å². The third kappa shape index (κ3) is 30.2. The summed E-state index contributed by atoms with van der Waals surface area (Å²) in [7, 11) is 0. The van der Waals surface area contributed by atoms with Crippen LogP contribution in [0.1, 0.15) is 74.1 Å². The van der Waals surface area contributed by atoms with Gasteiger partial charge in [0.1, 0.15) is 16.6 Å². The molecule has 6 aromatic heterocycles. The van der Waals surface area contributed by atoms with E-state index in [-0.39, 0.29) is 132 Å². The molecule has 426 valence electrons. The molecule has 6 heterocycles. The van der Waals surface area contributed by atoms with Crippen molar-refractivity contribution in [3.05, 3.63) is 35.5 Å². The van der Waals surface area contributed by atoms with Crippen LogP contribution in [-0.4, -0.2) is 134 Å². The summed E-state index contributed by atoms with van der Waals surface area (Å²) in [5.41, 5.74) is 19.9. The van der Waals surface area contributed by atoms with Gasteiger partial charge in [0.2, 0.25) is 17.8 Å². The van der Waals surface area contributed by atoms with Gasteiger partial charge in [0, 0.05) is 72.4 Å². The number of fused-ring (bicyclic) bond motifs is 3. The first-order chi connectivity index (χ1) is 35.9. The number of nitrogen functional groups attached to an aromatic ring is 3. The number of rotatable bonds is 20. The molecule has 0 saturated heterocycles. The number of nitrogens with zero attached hydrogens (tertiary/aromatic N) is 11. The van der Waals surface area contributed by atoms with Crippen LogP contribution in [0.25, 0.3) is 33.5 Å². The molecule has 0 amide bonds. The molecule has 77 heavy (non-hydrogen) atoms. The number of halogens is 6. The van der Waals surface area contributed by atoms with E-state index in [1.165, 1.54) is 47.9 Å². The summed E-state index contributed by atoms with van der Waals surface area (Å²) < 4.78 is 33.4. The van der Waals surface area contributed by atoms with Gasteiger partial charge in [0.15, 0.2) is 27.2 Å². The third-order valence-corrected chi connectivity index (χ3v) is 10.00. The standard InChI is InChI=1S/C14H18ClN5O4.C14H19N5O4.C10H18O4.C5H4ClN5.4HI.V/c1-8(21)23-5-10(6-24-9(2)22)3-4-20-7-17-11-12(15)18-14(16)19-13(11)20;1-9(20)22-6-11(7-23-10(2)21)3-4-19-8-17-12-5-16-14(15)18-13(12)19;1-4-5-10(6-13-8(2)11)7-14-9(3)12;6-3-2-4(9-1-8-2)11-5(7)10-3;;;;;/h7,10H,3-6H2,1-2H3,(H2,16,18,19);5,8,11H,3-4,6-7H2,1-2H3,(H2,15,16,18);10H,4-7H2,1-3H3;1H,(H3,7,8,9,10,11);4*1H;/q;;;;;;;;+3/p-3. The molecule has 6 rings (SSSR count). The van der Waals surface area contributed by atoms with E-state index in [0.29, 0.717) is 77.8 Å². The fourth-order valence-electron chi connectivity index (χ4n) is 6.04. The Labute approximate surface area is 507 Å². The quantitative estimate of drug-likeness (QED) is 0.0255.